The van der Waals surface area contributed by atoms with Crippen LogP contribution < -0.4 is 10.1 Å². The van der Waals surface area contributed by atoms with Crippen LogP contribution in [0.2, 0.25) is 5.02 Å². The van der Waals surface area contributed by atoms with Gasteiger partial charge in [0.15, 0.2) is 0 Å². The van der Waals surface area contributed by atoms with Gasteiger partial charge in [0.2, 0.25) is 11.8 Å². The zero-order valence-corrected chi connectivity index (χ0v) is 20.2. The van der Waals surface area contributed by atoms with Gasteiger partial charge >= 0.3 is 0 Å². The molecule has 172 valence electrons. The monoisotopic (exact) mass is 483 g/mol. The second-order valence-corrected chi connectivity index (χ2v) is 9.60. The highest BCUT2D eigenvalue weighted by Crippen LogP contribution is 2.34. The quantitative estimate of drug-likeness (QED) is 0.507. The molecular formula is C25H26ClN3O3S. The van der Waals surface area contributed by atoms with Gasteiger partial charge in [0, 0.05) is 30.1 Å². The number of amides is 2. The van der Waals surface area contributed by atoms with Crippen LogP contribution in [0.4, 0.5) is 0 Å². The SMILES string of the molecule is COc1ccc(/C=C/C(=O)NC(C)C(=O)N2CCC(c3nc4cc(Cl)ccc4s3)CC2)cc1. The third-order valence-electron chi connectivity index (χ3n) is 5.79. The number of likely N-dealkylation sites (tertiary alicyclic amines) is 1. The first-order valence-electron chi connectivity index (χ1n) is 10.9. The van der Waals surface area contributed by atoms with Crippen molar-refractivity contribution < 1.29 is 14.3 Å². The Labute approximate surface area is 202 Å². The summed E-state index contributed by atoms with van der Waals surface area (Å²) in [5.74, 6) is 0.736. The number of methoxy groups -OCH3 is 1. The normalized spacial score (nSPS) is 15.7. The molecular weight excluding hydrogens is 458 g/mol. The maximum atomic E-state index is 12.8. The molecule has 1 N–H and O–H groups in total. The van der Waals surface area contributed by atoms with Crippen LogP contribution >= 0.6 is 22.9 Å². The van der Waals surface area contributed by atoms with Crippen molar-refractivity contribution in [3.63, 3.8) is 0 Å². The van der Waals surface area contributed by atoms with Crippen molar-refractivity contribution in [2.45, 2.75) is 31.7 Å². The molecule has 1 fully saturated rings. The average Bonchev–Trinajstić information content (AvgIpc) is 3.26. The number of carbonyl (C=O) groups is 2. The average molecular weight is 484 g/mol. The number of halogens is 1. The lowest BCUT2D eigenvalue weighted by molar-refractivity contribution is -0.136. The molecule has 0 aliphatic carbocycles. The number of carbonyl (C=O) groups excluding carboxylic acids is 2. The van der Waals surface area contributed by atoms with Crippen LogP contribution in [0.3, 0.4) is 0 Å². The highest BCUT2D eigenvalue weighted by Gasteiger charge is 2.28. The second kappa shape index (κ2) is 10.4. The van der Waals surface area contributed by atoms with E-state index in [1.807, 2.05) is 47.4 Å². The predicted octanol–water partition coefficient (Wildman–Crippen LogP) is 4.88. The number of ether oxygens (including phenoxy) is 1. The van der Waals surface area contributed by atoms with Crippen molar-refractivity contribution >= 4 is 51.0 Å². The van der Waals surface area contributed by atoms with Gasteiger partial charge in [-0.1, -0.05) is 23.7 Å². The Morgan fingerprint density at radius 1 is 1.21 bits per heavy atom. The zero-order valence-electron chi connectivity index (χ0n) is 18.6. The molecule has 1 atom stereocenters. The fourth-order valence-electron chi connectivity index (χ4n) is 3.92. The predicted molar refractivity (Wildman–Crippen MR) is 133 cm³/mol. The van der Waals surface area contributed by atoms with Gasteiger partial charge in [-0.25, -0.2) is 4.98 Å². The molecule has 2 amide bonds. The zero-order chi connectivity index (χ0) is 23.4. The fraction of sp³-hybridized carbons (Fsp3) is 0.320. The van der Waals surface area contributed by atoms with Gasteiger partial charge in [0.1, 0.15) is 11.8 Å². The Morgan fingerprint density at radius 2 is 1.94 bits per heavy atom. The van der Waals surface area contributed by atoms with E-state index in [0.29, 0.717) is 24.0 Å². The lowest BCUT2D eigenvalue weighted by atomic mass is 9.97. The van der Waals surface area contributed by atoms with Crippen molar-refractivity contribution in [2.24, 2.45) is 0 Å². The summed E-state index contributed by atoms with van der Waals surface area (Å²) in [6.45, 7) is 3.04. The highest BCUT2D eigenvalue weighted by atomic mass is 35.5. The Bertz CT molecular complexity index is 1170. The van der Waals surface area contributed by atoms with Crippen molar-refractivity contribution in [3.05, 3.63) is 64.1 Å². The number of aromatic nitrogens is 1. The number of fused-ring (bicyclic) bond motifs is 1. The summed E-state index contributed by atoms with van der Waals surface area (Å²) < 4.78 is 6.26. The Kier molecular flexibility index (Phi) is 7.30. The minimum absolute atomic E-state index is 0.0595. The molecule has 8 heteroatoms. The molecule has 3 aromatic rings. The van der Waals surface area contributed by atoms with Crippen LogP contribution in [0.25, 0.3) is 16.3 Å². The van der Waals surface area contributed by atoms with Crippen LogP contribution in [0.15, 0.2) is 48.5 Å². The number of benzene rings is 2. The van der Waals surface area contributed by atoms with Gasteiger partial charge in [-0.15, -0.1) is 11.3 Å². The third-order valence-corrected chi connectivity index (χ3v) is 7.23. The number of nitrogens with one attached hydrogen (secondary N) is 1. The van der Waals surface area contributed by atoms with E-state index in [9.17, 15) is 9.59 Å². The lowest BCUT2D eigenvalue weighted by Crippen LogP contribution is -2.48. The Hall–Kier alpha value is -2.90. The minimum Gasteiger partial charge on any atom is -0.497 e. The first kappa shape index (κ1) is 23.3. The molecule has 0 radical (unpaired) electrons. The number of thiazole rings is 1. The Morgan fingerprint density at radius 3 is 2.64 bits per heavy atom. The summed E-state index contributed by atoms with van der Waals surface area (Å²) in [5, 5.41) is 4.56. The van der Waals surface area contributed by atoms with Gasteiger partial charge in [-0.3, -0.25) is 9.59 Å². The molecule has 0 bridgehead atoms. The molecule has 1 unspecified atom stereocenters. The summed E-state index contributed by atoms with van der Waals surface area (Å²) in [7, 11) is 1.61. The van der Waals surface area contributed by atoms with Crippen molar-refractivity contribution in [1.29, 1.82) is 0 Å². The molecule has 1 aliphatic rings. The van der Waals surface area contributed by atoms with Crippen molar-refractivity contribution in [3.8, 4) is 5.75 Å². The molecule has 4 rings (SSSR count). The summed E-state index contributed by atoms with van der Waals surface area (Å²) >= 11 is 7.77. The van der Waals surface area contributed by atoms with E-state index < -0.39 is 6.04 Å². The second-order valence-electron chi connectivity index (χ2n) is 8.10. The lowest BCUT2D eigenvalue weighted by Gasteiger charge is -2.32. The van der Waals surface area contributed by atoms with Gasteiger partial charge in [-0.2, -0.15) is 0 Å². The molecule has 2 heterocycles. The number of hydrogen-bond acceptors (Lipinski definition) is 5. The summed E-state index contributed by atoms with van der Waals surface area (Å²) in [4.78, 5) is 31.7. The molecule has 6 nitrogen and oxygen atoms in total. The number of nitrogens with zero attached hydrogens (tertiary/aromatic N) is 2. The van der Waals surface area contributed by atoms with Gasteiger partial charge < -0.3 is 15.0 Å². The van der Waals surface area contributed by atoms with E-state index in [4.69, 9.17) is 21.3 Å². The smallest absolute Gasteiger partial charge is 0.244 e. The van der Waals surface area contributed by atoms with Gasteiger partial charge in [-0.05, 0) is 61.7 Å². The molecule has 1 saturated heterocycles. The Balaban J connectivity index is 1.28. The first-order chi connectivity index (χ1) is 15.9. The van der Waals surface area contributed by atoms with E-state index >= 15 is 0 Å². The van der Waals surface area contributed by atoms with Crippen LogP contribution in [0.1, 0.15) is 36.3 Å². The largest absolute Gasteiger partial charge is 0.497 e. The van der Waals surface area contributed by atoms with Crippen molar-refractivity contribution in [1.82, 2.24) is 15.2 Å². The minimum atomic E-state index is -0.584. The van der Waals surface area contributed by atoms with Crippen LogP contribution in [0.5, 0.6) is 5.75 Å². The maximum absolute atomic E-state index is 12.8. The first-order valence-corrected chi connectivity index (χ1v) is 12.1. The summed E-state index contributed by atoms with van der Waals surface area (Å²) in [5.41, 5.74) is 1.81. The van der Waals surface area contributed by atoms with Gasteiger partial charge in [0.05, 0.1) is 22.3 Å². The van der Waals surface area contributed by atoms with E-state index in [0.717, 1.165) is 39.4 Å². The topological polar surface area (TPSA) is 71.5 Å². The number of piperidine rings is 1. The summed E-state index contributed by atoms with van der Waals surface area (Å²) in [6.07, 6.45) is 4.87. The fourth-order valence-corrected chi connectivity index (χ4v) is 5.21. The van der Waals surface area contributed by atoms with E-state index in [2.05, 4.69) is 5.32 Å². The highest BCUT2D eigenvalue weighted by molar-refractivity contribution is 7.18. The third kappa shape index (κ3) is 5.72. The van der Waals surface area contributed by atoms with Crippen LogP contribution in [-0.2, 0) is 9.59 Å². The van der Waals surface area contributed by atoms with Gasteiger partial charge in [0.25, 0.3) is 0 Å². The van der Waals surface area contributed by atoms with Crippen LogP contribution in [0, 0.1) is 0 Å². The molecule has 33 heavy (non-hydrogen) atoms. The molecule has 0 spiro atoms. The standard InChI is InChI=1S/C25H26ClN3O3S/c1-16(27-23(30)10-5-17-3-7-20(32-2)8-4-17)25(31)29-13-11-18(12-14-29)24-28-21-15-19(26)6-9-22(21)33-24/h3-10,15-16,18H,11-14H2,1-2H3,(H,27,30)/b10-5+. The molecule has 0 saturated carbocycles. The molecule has 1 aliphatic heterocycles. The number of hydrogen-bond donors (Lipinski definition) is 1. The maximum Gasteiger partial charge on any atom is 0.244 e. The number of rotatable bonds is 6. The van der Waals surface area contributed by atoms with E-state index in [1.54, 1.807) is 31.4 Å². The summed E-state index contributed by atoms with van der Waals surface area (Å²) in [6, 6.07) is 12.6. The molecule has 2 aromatic carbocycles. The van der Waals surface area contributed by atoms with Crippen molar-refractivity contribution in [2.75, 3.05) is 20.2 Å². The molecule has 1 aromatic heterocycles. The van der Waals surface area contributed by atoms with E-state index in [1.165, 1.54) is 6.08 Å². The van der Waals surface area contributed by atoms with E-state index in [-0.39, 0.29) is 11.8 Å². The van der Waals surface area contributed by atoms with Crippen LogP contribution in [-0.4, -0.2) is 47.9 Å².